The van der Waals surface area contributed by atoms with E-state index in [4.69, 9.17) is 15.7 Å². The molecule has 5 aromatic rings. The van der Waals surface area contributed by atoms with Gasteiger partial charge in [-0.05, 0) is 53.6 Å². The third-order valence-corrected chi connectivity index (χ3v) is 5.74. The van der Waals surface area contributed by atoms with Crippen LogP contribution in [0.15, 0.2) is 79.3 Å². The molecule has 5 rings (SSSR count). The standard InChI is InChI=1S/C27H23N7O2/c1-29-26(36)22-13-19(14-31-25(22)28)18-5-6-23-21(12-18)24(17-7-9-30-10-8-17)34-27(33-23)32-20-4-2-3-16(11-20)15-35/h2-14,35H,15H2,1H3,(H2,28,31)(H,29,36)(H,32,33,34). The Morgan fingerprint density at radius 1 is 0.972 bits per heavy atom. The summed E-state index contributed by atoms with van der Waals surface area (Å²) in [4.78, 5) is 30.1. The number of carbonyl (C=O) groups is 1. The fraction of sp³-hybridized carbons (Fsp3) is 0.0741. The number of aliphatic hydroxyl groups excluding tert-OH is 1. The van der Waals surface area contributed by atoms with Crippen LogP contribution in [-0.4, -0.2) is 38.0 Å². The zero-order chi connectivity index (χ0) is 25.1. The van der Waals surface area contributed by atoms with Crippen LogP contribution >= 0.6 is 0 Å². The van der Waals surface area contributed by atoms with Crippen molar-refractivity contribution < 1.29 is 9.90 Å². The average Bonchev–Trinajstić information content (AvgIpc) is 2.93. The van der Waals surface area contributed by atoms with Gasteiger partial charge < -0.3 is 21.5 Å². The van der Waals surface area contributed by atoms with Gasteiger partial charge in [-0.15, -0.1) is 0 Å². The van der Waals surface area contributed by atoms with Gasteiger partial charge in [0.25, 0.3) is 5.91 Å². The Labute approximate surface area is 207 Å². The van der Waals surface area contributed by atoms with Gasteiger partial charge in [-0.3, -0.25) is 9.78 Å². The molecule has 1 amide bonds. The number of nitrogens with zero attached hydrogens (tertiary/aromatic N) is 4. The van der Waals surface area contributed by atoms with Crippen molar-refractivity contribution >= 4 is 34.3 Å². The maximum Gasteiger partial charge on any atom is 0.254 e. The Hall–Kier alpha value is -4.89. The largest absolute Gasteiger partial charge is 0.392 e. The number of aliphatic hydroxyl groups is 1. The van der Waals surface area contributed by atoms with Gasteiger partial charge in [-0.1, -0.05) is 18.2 Å². The average molecular weight is 478 g/mol. The van der Waals surface area contributed by atoms with Crippen molar-refractivity contribution in [2.45, 2.75) is 6.61 Å². The lowest BCUT2D eigenvalue weighted by molar-refractivity contribution is 0.0963. The number of hydrogen-bond acceptors (Lipinski definition) is 8. The third kappa shape index (κ3) is 4.55. The maximum atomic E-state index is 12.2. The lowest BCUT2D eigenvalue weighted by Crippen LogP contribution is -2.19. The Balaban J connectivity index is 1.64. The number of pyridine rings is 2. The number of aromatic nitrogens is 4. The van der Waals surface area contributed by atoms with Crippen molar-refractivity contribution in [3.05, 3.63) is 90.4 Å². The van der Waals surface area contributed by atoms with E-state index in [9.17, 15) is 9.90 Å². The highest BCUT2D eigenvalue weighted by atomic mass is 16.3. The minimum atomic E-state index is -0.301. The summed E-state index contributed by atoms with van der Waals surface area (Å²) in [6.45, 7) is -0.0548. The molecule has 0 unspecified atom stereocenters. The van der Waals surface area contributed by atoms with E-state index in [-0.39, 0.29) is 18.3 Å². The molecule has 178 valence electrons. The molecule has 0 saturated heterocycles. The van der Waals surface area contributed by atoms with Crippen molar-refractivity contribution in [2.75, 3.05) is 18.1 Å². The number of fused-ring (bicyclic) bond motifs is 1. The number of carbonyl (C=O) groups excluding carboxylic acids is 1. The van der Waals surface area contributed by atoms with Crippen molar-refractivity contribution in [3.8, 4) is 22.4 Å². The summed E-state index contributed by atoms with van der Waals surface area (Å²) < 4.78 is 0. The number of nitrogens with one attached hydrogen (secondary N) is 2. The fourth-order valence-corrected chi connectivity index (χ4v) is 3.92. The second kappa shape index (κ2) is 9.77. The summed E-state index contributed by atoms with van der Waals surface area (Å²) in [6, 6.07) is 18.7. The van der Waals surface area contributed by atoms with E-state index in [1.54, 1.807) is 31.7 Å². The second-order valence-electron chi connectivity index (χ2n) is 8.08. The van der Waals surface area contributed by atoms with E-state index in [0.29, 0.717) is 11.5 Å². The predicted octanol–water partition coefficient (Wildman–Crippen LogP) is 3.93. The summed E-state index contributed by atoms with van der Waals surface area (Å²) >= 11 is 0. The Kier molecular flexibility index (Phi) is 6.21. The first-order valence-electron chi connectivity index (χ1n) is 11.2. The number of amides is 1. The van der Waals surface area contributed by atoms with Crippen LogP contribution in [0, 0.1) is 0 Å². The van der Waals surface area contributed by atoms with Crippen LogP contribution in [0.5, 0.6) is 0 Å². The quantitative estimate of drug-likeness (QED) is 0.288. The first-order valence-corrected chi connectivity index (χ1v) is 11.2. The molecule has 0 atom stereocenters. The van der Waals surface area contributed by atoms with Gasteiger partial charge in [0.05, 0.1) is 23.4 Å². The SMILES string of the molecule is CNC(=O)c1cc(-c2ccc3nc(Nc4cccc(CO)c4)nc(-c4ccncc4)c3c2)cnc1N. The van der Waals surface area contributed by atoms with Crippen molar-refractivity contribution in [3.63, 3.8) is 0 Å². The lowest BCUT2D eigenvalue weighted by Gasteiger charge is -2.13. The first-order chi connectivity index (χ1) is 17.6. The normalized spacial score (nSPS) is 10.8. The highest BCUT2D eigenvalue weighted by molar-refractivity contribution is 6.00. The molecule has 36 heavy (non-hydrogen) atoms. The first kappa shape index (κ1) is 22.9. The minimum Gasteiger partial charge on any atom is -0.392 e. The molecule has 0 fully saturated rings. The van der Waals surface area contributed by atoms with E-state index in [1.165, 1.54) is 0 Å². The van der Waals surface area contributed by atoms with Gasteiger partial charge in [0, 0.05) is 47.8 Å². The molecule has 0 spiro atoms. The monoisotopic (exact) mass is 477 g/mol. The zero-order valence-corrected chi connectivity index (χ0v) is 19.4. The van der Waals surface area contributed by atoms with Crippen LogP contribution in [0.2, 0.25) is 0 Å². The van der Waals surface area contributed by atoms with Gasteiger partial charge in [-0.2, -0.15) is 0 Å². The Bertz CT molecular complexity index is 1570. The second-order valence-corrected chi connectivity index (χ2v) is 8.08. The van der Waals surface area contributed by atoms with Crippen LogP contribution in [0.25, 0.3) is 33.3 Å². The van der Waals surface area contributed by atoms with Gasteiger partial charge in [0.1, 0.15) is 5.82 Å². The topological polar surface area (TPSA) is 139 Å². The molecule has 9 heteroatoms. The number of anilines is 3. The van der Waals surface area contributed by atoms with Gasteiger partial charge in [-0.25, -0.2) is 15.0 Å². The van der Waals surface area contributed by atoms with E-state index in [2.05, 4.69) is 20.6 Å². The highest BCUT2D eigenvalue weighted by Crippen LogP contribution is 2.32. The van der Waals surface area contributed by atoms with Crippen molar-refractivity contribution in [1.29, 1.82) is 0 Å². The van der Waals surface area contributed by atoms with Crippen molar-refractivity contribution in [1.82, 2.24) is 25.3 Å². The number of benzene rings is 2. The molecule has 9 nitrogen and oxygen atoms in total. The van der Waals surface area contributed by atoms with Crippen LogP contribution in [0.3, 0.4) is 0 Å². The highest BCUT2D eigenvalue weighted by Gasteiger charge is 2.15. The van der Waals surface area contributed by atoms with Gasteiger partial charge in [0.2, 0.25) is 5.95 Å². The molecule has 0 radical (unpaired) electrons. The summed E-state index contributed by atoms with van der Waals surface area (Å²) in [5.41, 5.74) is 11.7. The molecular weight excluding hydrogens is 454 g/mol. The number of nitrogens with two attached hydrogens (primary N) is 1. The summed E-state index contributed by atoms with van der Waals surface area (Å²) in [5.74, 6) is 0.290. The Morgan fingerprint density at radius 3 is 2.58 bits per heavy atom. The van der Waals surface area contributed by atoms with Crippen LogP contribution in [0.1, 0.15) is 15.9 Å². The molecule has 0 saturated carbocycles. The van der Waals surface area contributed by atoms with Crippen molar-refractivity contribution in [2.24, 2.45) is 0 Å². The molecule has 2 aromatic carbocycles. The minimum absolute atomic E-state index is 0.0548. The lowest BCUT2D eigenvalue weighted by atomic mass is 10.0. The predicted molar refractivity (Wildman–Crippen MR) is 139 cm³/mol. The molecule has 3 aromatic heterocycles. The number of rotatable bonds is 6. The molecule has 3 heterocycles. The molecule has 0 aliphatic rings. The summed E-state index contributed by atoms with van der Waals surface area (Å²) in [6.07, 6.45) is 5.06. The van der Waals surface area contributed by atoms with Crippen LogP contribution in [-0.2, 0) is 6.61 Å². The van der Waals surface area contributed by atoms with Gasteiger partial charge in [0.15, 0.2) is 0 Å². The molecule has 0 aliphatic heterocycles. The van der Waals surface area contributed by atoms with Crippen LogP contribution < -0.4 is 16.4 Å². The molecule has 0 aliphatic carbocycles. The fourth-order valence-electron chi connectivity index (χ4n) is 3.92. The maximum absolute atomic E-state index is 12.2. The van der Waals surface area contributed by atoms with E-state index in [0.717, 1.165) is 44.5 Å². The van der Waals surface area contributed by atoms with E-state index < -0.39 is 0 Å². The summed E-state index contributed by atoms with van der Waals surface area (Å²) in [5, 5.41) is 16.1. The van der Waals surface area contributed by atoms with Gasteiger partial charge >= 0.3 is 0 Å². The third-order valence-electron chi connectivity index (χ3n) is 5.74. The molecular formula is C27H23N7O2. The summed E-state index contributed by atoms with van der Waals surface area (Å²) in [7, 11) is 1.55. The van der Waals surface area contributed by atoms with E-state index in [1.807, 2.05) is 54.6 Å². The Morgan fingerprint density at radius 2 is 1.81 bits per heavy atom. The van der Waals surface area contributed by atoms with Crippen LogP contribution in [0.4, 0.5) is 17.5 Å². The zero-order valence-electron chi connectivity index (χ0n) is 19.4. The smallest absolute Gasteiger partial charge is 0.254 e. The van der Waals surface area contributed by atoms with E-state index >= 15 is 0 Å². The number of nitrogen functional groups attached to an aromatic ring is 1. The number of hydrogen-bond donors (Lipinski definition) is 4. The molecule has 0 bridgehead atoms. The molecule has 5 N–H and O–H groups in total.